The van der Waals surface area contributed by atoms with Crippen LogP contribution in [0.15, 0.2) is 35.7 Å². The van der Waals surface area contributed by atoms with Gasteiger partial charge in [0.2, 0.25) is 0 Å². The number of carboxylic acid groups (broad SMARTS) is 1. The van der Waals surface area contributed by atoms with Crippen LogP contribution in [0.25, 0.3) is 10.6 Å². The van der Waals surface area contributed by atoms with Crippen LogP contribution in [-0.4, -0.2) is 27.5 Å². The van der Waals surface area contributed by atoms with Gasteiger partial charge in [-0.25, -0.2) is 4.79 Å². The molecule has 136 valence electrons. The van der Waals surface area contributed by atoms with Crippen LogP contribution in [0, 0.1) is 13.8 Å². The topological polar surface area (TPSA) is 64.4 Å². The number of aryl methyl sites for hydroxylation is 3. The zero-order chi connectivity index (χ0) is 18.7. The summed E-state index contributed by atoms with van der Waals surface area (Å²) < 4.78 is 7.55. The van der Waals surface area contributed by atoms with Gasteiger partial charge < -0.3 is 9.84 Å². The van der Waals surface area contributed by atoms with Gasteiger partial charge in [0.15, 0.2) is 5.69 Å². The van der Waals surface area contributed by atoms with Crippen molar-refractivity contribution < 1.29 is 14.6 Å². The molecule has 1 aromatic carbocycles. The Labute approximate surface area is 160 Å². The van der Waals surface area contributed by atoms with Crippen LogP contribution in [0.4, 0.5) is 0 Å². The summed E-state index contributed by atoms with van der Waals surface area (Å²) in [5.74, 6) is -0.237. The molecule has 3 rings (SSSR count). The number of benzene rings is 1. The molecule has 0 saturated carbocycles. The normalized spacial score (nSPS) is 10.9. The Morgan fingerprint density at radius 3 is 2.65 bits per heavy atom. The van der Waals surface area contributed by atoms with Crippen molar-refractivity contribution in [1.29, 1.82) is 0 Å². The minimum Gasteiger partial charge on any atom is -0.494 e. The van der Waals surface area contributed by atoms with Crippen molar-refractivity contribution in [2.45, 2.75) is 26.8 Å². The number of rotatable bonds is 7. The molecule has 5 nitrogen and oxygen atoms in total. The Kier molecular flexibility index (Phi) is 5.64. The van der Waals surface area contributed by atoms with E-state index in [1.165, 1.54) is 0 Å². The summed E-state index contributed by atoms with van der Waals surface area (Å²) in [5.41, 5.74) is 2.84. The van der Waals surface area contributed by atoms with E-state index in [4.69, 9.17) is 16.3 Å². The smallest absolute Gasteiger partial charge is 0.356 e. The van der Waals surface area contributed by atoms with Crippen molar-refractivity contribution in [3.8, 4) is 16.3 Å². The maximum absolute atomic E-state index is 11.2. The number of nitrogens with zero attached hydrogens (tertiary/aromatic N) is 2. The molecular formula is C19H19ClN2O3S. The zero-order valence-electron chi connectivity index (χ0n) is 14.5. The van der Waals surface area contributed by atoms with Crippen molar-refractivity contribution >= 4 is 28.9 Å². The molecule has 0 atom stereocenters. The van der Waals surface area contributed by atoms with E-state index < -0.39 is 5.97 Å². The summed E-state index contributed by atoms with van der Waals surface area (Å²) in [6, 6.07) is 9.35. The first-order valence-corrected chi connectivity index (χ1v) is 9.46. The molecule has 0 saturated heterocycles. The first kappa shape index (κ1) is 18.5. The maximum atomic E-state index is 11.2. The van der Waals surface area contributed by atoms with Gasteiger partial charge in [0, 0.05) is 18.0 Å². The summed E-state index contributed by atoms with van der Waals surface area (Å²) in [4.78, 5) is 12.2. The second kappa shape index (κ2) is 7.93. The van der Waals surface area contributed by atoms with Gasteiger partial charge in [-0.15, -0.1) is 11.3 Å². The molecule has 0 bridgehead atoms. The highest BCUT2D eigenvalue weighted by Crippen LogP contribution is 2.27. The maximum Gasteiger partial charge on any atom is 0.356 e. The van der Waals surface area contributed by atoms with E-state index in [0.717, 1.165) is 32.5 Å². The van der Waals surface area contributed by atoms with E-state index >= 15 is 0 Å². The molecule has 0 spiro atoms. The van der Waals surface area contributed by atoms with E-state index in [9.17, 15) is 9.90 Å². The van der Waals surface area contributed by atoms with Gasteiger partial charge in [0.25, 0.3) is 0 Å². The molecular weight excluding hydrogens is 372 g/mol. The number of hydrogen-bond donors (Lipinski definition) is 1. The minimum absolute atomic E-state index is 0.0540. The average molecular weight is 391 g/mol. The Morgan fingerprint density at radius 2 is 2.04 bits per heavy atom. The SMILES string of the molecule is Cc1cc(OCCCn2nc(C(=O)O)cc2-c2cccs2)cc(C)c1Cl. The Bertz CT molecular complexity index is 896. The summed E-state index contributed by atoms with van der Waals surface area (Å²) in [6.07, 6.45) is 0.708. The number of aromatic carboxylic acids is 1. The van der Waals surface area contributed by atoms with Crippen LogP contribution >= 0.6 is 22.9 Å². The third kappa shape index (κ3) is 4.08. The lowest BCUT2D eigenvalue weighted by Gasteiger charge is -2.11. The first-order chi connectivity index (χ1) is 12.5. The quantitative estimate of drug-likeness (QED) is 0.573. The van der Waals surface area contributed by atoms with Crippen LogP contribution in [0.1, 0.15) is 28.0 Å². The molecule has 2 aromatic heterocycles. The number of ether oxygens (including phenoxy) is 1. The Hall–Kier alpha value is -2.31. The van der Waals surface area contributed by atoms with Crippen molar-refractivity contribution in [1.82, 2.24) is 9.78 Å². The lowest BCUT2D eigenvalue weighted by Crippen LogP contribution is -2.08. The number of hydrogen-bond acceptors (Lipinski definition) is 4. The number of halogens is 1. The molecule has 0 unspecified atom stereocenters. The van der Waals surface area contributed by atoms with Crippen molar-refractivity contribution in [2.24, 2.45) is 0 Å². The summed E-state index contributed by atoms with van der Waals surface area (Å²) in [7, 11) is 0. The van der Waals surface area contributed by atoms with E-state index in [1.54, 1.807) is 22.1 Å². The number of carbonyl (C=O) groups is 1. The number of thiophene rings is 1. The monoisotopic (exact) mass is 390 g/mol. The minimum atomic E-state index is -1.02. The van der Waals surface area contributed by atoms with E-state index in [1.807, 2.05) is 43.5 Å². The highest BCUT2D eigenvalue weighted by molar-refractivity contribution is 7.13. The third-order valence-electron chi connectivity index (χ3n) is 3.97. The molecule has 1 N–H and O–H groups in total. The van der Waals surface area contributed by atoms with Gasteiger partial charge in [0.05, 0.1) is 17.2 Å². The van der Waals surface area contributed by atoms with E-state index in [0.29, 0.717) is 19.6 Å². The fourth-order valence-electron chi connectivity index (χ4n) is 2.71. The molecule has 0 amide bonds. The summed E-state index contributed by atoms with van der Waals surface area (Å²) in [6.45, 7) is 4.98. The van der Waals surface area contributed by atoms with E-state index in [-0.39, 0.29) is 5.69 Å². The second-order valence-electron chi connectivity index (χ2n) is 5.99. The van der Waals surface area contributed by atoms with Crippen LogP contribution in [0.5, 0.6) is 5.75 Å². The molecule has 0 aliphatic carbocycles. The molecule has 0 aliphatic rings. The fraction of sp³-hybridized carbons (Fsp3) is 0.263. The fourth-order valence-corrected chi connectivity index (χ4v) is 3.56. The lowest BCUT2D eigenvalue weighted by molar-refractivity contribution is 0.0689. The summed E-state index contributed by atoms with van der Waals surface area (Å²) >= 11 is 7.73. The van der Waals surface area contributed by atoms with Gasteiger partial charge >= 0.3 is 5.97 Å². The van der Waals surface area contributed by atoms with Crippen molar-refractivity contribution in [2.75, 3.05) is 6.61 Å². The highest BCUT2D eigenvalue weighted by atomic mass is 35.5. The molecule has 0 aliphatic heterocycles. The third-order valence-corrected chi connectivity index (χ3v) is 5.45. The Balaban J connectivity index is 1.66. The number of carboxylic acids is 1. The highest BCUT2D eigenvalue weighted by Gasteiger charge is 2.15. The van der Waals surface area contributed by atoms with Crippen LogP contribution in [-0.2, 0) is 6.54 Å². The molecule has 2 heterocycles. The second-order valence-corrected chi connectivity index (χ2v) is 7.32. The van der Waals surface area contributed by atoms with E-state index in [2.05, 4.69) is 5.10 Å². The van der Waals surface area contributed by atoms with Gasteiger partial charge in [-0.05, 0) is 54.6 Å². The van der Waals surface area contributed by atoms with Crippen LogP contribution in [0.2, 0.25) is 5.02 Å². The lowest BCUT2D eigenvalue weighted by atomic mass is 10.1. The molecule has 26 heavy (non-hydrogen) atoms. The molecule has 7 heteroatoms. The van der Waals surface area contributed by atoms with Crippen LogP contribution < -0.4 is 4.74 Å². The first-order valence-electron chi connectivity index (χ1n) is 8.20. The zero-order valence-corrected chi connectivity index (χ0v) is 16.1. The molecule has 3 aromatic rings. The largest absolute Gasteiger partial charge is 0.494 e. The average Bonchev–Trinajstić information content (AvgIpc) is 3.25. The van der Waals surface area contributed by atoms with Gasteiger partial charge in [-0.2, -0.15) is 5.10 Å². The van der Waals surface area contributed by atoms with Crippen molar-refractivity contribution in [3.63, 3.8) is 0 Å². The molecule has 0 radical (unpaired) electrons. The van der Waals surface area contributed by atoms with Gasteiger partial charge in [-0.3, -0.25) is 4.68 Å². The van der Waals surface area contributed by atoms with Gasteiger partial charge in [-0.1, -0.05) is 17.7 Å². The standard InChI is InChI=1S/C19H19ClN2O3S/c1-12-9-14(10-13(2)18(12)20)25-7-4-6-22-16(17-5-3-8-26-17)11-15(21-22)19(23)24/h3,5,8-11H,4,6-7H2,1-2H3,(H,23,24). The summed E-state index contributed by atoms with van der Waals surface area (Å²) in [5, 5.41) is 16.1. The van der Waals surface area contributed by atoms with Crippen LogP contribution in [0.3, 0.4) is 0 Å². The van der Waals surface area contributed by atoms with Gasteiger partial charge in [0.1, 0.15) is 5.75 Å². The van der Waals surface area contributed by atoms with Crippen molar-refractivity contribution in [3.05, 3.63) is 57.6 Å². The Morgan fingerprint density at radius 1 is 1.31 bits per heavy atom. The molecule has 0 fully saturated rings. The predicted molar refractivity (Wildman–Crippen MR) is 104 cm³/mol. The number of aromatic nitrogens is 2. The predicted octanol–water partition coefficient (Wildman–Crippen LogP) is 5.05.